The highest BCUT2D eigenvalue weighted by molar-refractivity contribution is 7.97. The van der Waals surface area contributed by atoms with Gasteiger partial charge in [0.05, 0.1) is 35.1 Å². The van der Waals surface area contributed by atoms with Crippen molar-refractivity contribution in [2.45, 2.75) is 13.0 Å². The number of benzene rings is 2. The lowest BCUT2D eigenvalue weighted by molar-refractivity contribution is 0.0941. The lowest BCUT2D eigenvalue weighted by atomic mass is 10.1. The summed E-state index contributed by atoms with van der Waals surface area (Å²) < 4.78 is 33.4. The summed E-state index contributed by atoms with van der Waals surface area (Å²) in [5.41, 5.74) is 1.30. The minimum absolute atomic E-state index is 0.0511. The first-order valence-corrected chi connectivity index (χ1v) is 12.9. The second kappa shape index (κ2) is 9.52. The molecule has 0 aliphatic carbocycles. The molecule has 0 saturated carbocycles. The number of carbonyl (C=O) groups is 1. The van der Waals surface area contributed by atoms with Crippen LogP contribution < -0.4 is 14.8 Å². The van der Waals surface area contributed by atoms with E-state index in [9.17, 15) is 13.2 Å². The molecule has 2 aliphatic rings. The summed E-state index contributed by atoms with van der Waals surface area (Å²) in [6.45, 7) is 1.76. The molecule has 0 bridgehead atoms. The number of nitrogens with zero attached hydrogens (tertiary/aromatic N) is 1. The third-order valence-electron chi connectivity index (χ3n) is 4.84. The number of fused-ring (bicyclic) bond motifs is 1. The highest BCUT2D eigenvalue weighted by Crippen LogP contribution is 2.35. The number of amides is 1. The molecule has 2 heterocycles. The maximum atomic E-state index is 13.2. The lowest BCUT2D eigenvalue weighted by Gasteiger charge is -2.22. The Morgan fingerprint density at radius 2 is 1.85 bits per heavy atom. The number of rotatable bonds is 6. The van der Waals surface area contributed by atoms with Crippen molar-refractivity contribution in [1.29, 1.82) is 0 Å². The van der Waals surface area contributed by atoms with Crippen molar-refractivity contribution in [2.24, 2.45) is 0 Å². The fourth-order valence-electron chi connectivity index (χ4n) is 3.27. The van der Waals surface area contributed by atoms with Crippen LogP contribution in [-0.2, 0) is 10.0 Å². The predicted octanol–water partition coefficient (Wildman–Crippen LogP) is 5.60. The van der Waals surface area contributed by atoms with Gasteiger partial charge in [-0.25, -0.2) is 8.42 Å². The quantitative estimate of drug-likeness (QED) is 0.411. The van der Waals surface area contributed by atoms with Gasteiger partial charge < -0.3 is 10.0 Å². The Bertz CT molecular complexity index is 1330. The topological polar surface area (TPSA) is 90.5 Å². The molecule has 0 radical (unpaired) electrons. The number of carbonyl (C=O) groups excluding carboxylic acids is 1. The molecule has 0 fully saturated rings. The number of nitrogens with one attached hydrogen (secondary N) is 3. The van der Waals surface area contributed by atoms with Gasteiger partial charge in [0, 0.05) is 27.5 Å². The van der Waals surface area contributed by atoms with E-state index in [1.807, 2.05) is 0 Å². The Labute approximate surface area is 210 Å². The first kappa shape index (κ1) is 23.8. The number of anilines is 1. The molecule has 172 valence electrons. The van der Waals surface area contributed by atoms with Crippen molar-refractivity contribution < 1.29 is 13.2 Å². The van der Waals surface area contributed by atoms with E-state index >= 15 is 0 Å². The van der Waals surface area contributed by atoms with Crippen molar-refractivity contribution in [3.05, 3.63) is 97.7 Å². The van der Waals surface area contributed by atoms with Crippen molar-refractivity contribution in [3.63, 3.8) is 0 Å². The van der Waals surface area contributed by atoms with Gasteiger partial charge in [-0.15, -0.1) is 0 Å². The monoisotopic (exact) mass is 542 g/mol. The number of hydrogen-bond acceptors (Lipinski definition) is 6. The molecule has 3 N–H and O–H groups in total. The van der Waals surface area contributed by atoms with Crippen LogP contribution in [0.3, 0.4) is 0 Å². The second-order valence-electron chi connectivity index (χ2n) is 7.09. The summed E-state index contributed by atoms with van der Waals surface area (Å²) >= 11 is 19.5. The molecule has 2 aromatic carbocycles. The fourth-order valence-corrected chi connectivity index (χ4v) is 5.99. The van der Waals surface area contributed by atoms with Crippen molar-refractivity contribution >= 4 is 68.6 Å². The Balaban J connectivity index is 1.60. The van der Waals surface area contributed by atoms with Crippen LogP contribution >= 0.6 is 46.9 Å². The molecule has 0 saturated heterocycles. The van der Waals surface area contributed by atoms with Gasteiger partial charge >= 0.3 is 0 Å². The smallest absolute Gasteiger partial charge is 0.264 e. The Kier molecular flexibility index (Phi) is 6.88. The zero-order chi connectivity index (χ0) is 23.8. The van der Waals surface area contributed by atoms with E-state index in [1.165, 1.54) is 36.4 Å². The first-order valence-electron chi connectivity index (χ1n) is 9.54. The van der Waals surface area contributed by atoms with E-state index in [4.69, 9.17) is 34.8 Å². The molecule has 0 spiro atoms. The first-order chi connectivity index (χ1) is 15.7. The van der Waals surface area contributed by atoms with Gasteiger partial charge in [0.15, 0.2) is 0 Å². The summed E-state index contributed by atoms with van der Waals surface area (Å²) in [4.78, 5) is 13.1. The Morgan fingerprint density at radius 1 is 1.12 bits per heavy atom. The molecule has 12 heteroatoms. The third kappa shape index (κ3) is 5.12. The van der Waals surface area contributed by atoms with Crippen molar-refractivity contribution in [2.75, 3.05) is 4.72 Å². The normalized spacial score (nSPS) is 15.8. The summed E-state index contributed by atoms with van der Waals surface area (Å²) in [5.74, 6) is -0.501. The number of halogens is 3. The molecule has 1 amide bonds. The Morgan fingerprint density at radius 3 is 2.61 bits per heavy atom. The van der Waals surface area contributed by atoms with Crippen LogP contribution in [0.1, 0.15) is 28.9 Å². The fraction of sp³-hybridized carbons (Fsp3) is 0.0952. The Hall–Kier alpha value is -2.30. The average molecular weight is 544 g/mol. The molecular formula is C21H17Cl3N4O3S2. The van der Waals surface area contributed by atoms with Gasteiger partial charge in [-0.2, -0.15) is 0 Å². The summed E-state index contributed by atoms with van der Waals surface area (Å²) in [7, 11) is -4.03. The van der Waals surface area contributed by atoms with Gasteiger partial charge in [-0.3, -0.25) is 13.8 Å². The average Bonchev–Trinajstić information content (AvgIpc) is 3.22. The van der Waals surface area contributed by atoms with Crippen molar-refractivity contribution in [1.82, 2.24) is 14.3 Å². The van der Waals surface area contributed by atoms with Crippen LogP contribution in [0.25, 0.3) is 0 Å². The van der Waals surface area contributed by atoms with E-state index in [1.54, 1.807) is 47.9 Å². The minimum atomic E-state index is -4.03. The molecule has 33 heavy (non-hydrogen) atoms. The van der Waals surface area contributed by atoms with Gasteiger partial charge in [0.1, 0.15) is 4.91 Å². The molecule has 1 unspecified atom stereocenters. The zero-order valence-electron chi connectivity index (χ0n) is 17.0. The standard InChI is InChI=1S/C21H17Cl3N4O3S2/c1-12(15-6-4-13(22)9-17(15)24)26-21(29)16-7-5-14(23)10-18(16)27-33(30,31)20-3-2-8-28-19(20)11-25-32-28/h2-12,25,27H,1H3,(H,26,29). The van der Waals surface area contributed by atoms with Crippen molar-refractivity contribution in [3.8, 4) is 0 Å². The van der Waals surface area contributed by atoms with Crippen LogP contribution in [-0.4, -0.2) is 18.6 Å². The molecule has 4 rings (SSSR count). The molecule has 2 aliphatic heterocycles. The van der Waals surface area contributed by atoms with Gasteiger partial charge in [-0.05, 0) is 55.0 Å². The third-order valence-corrected chi connectivity index (χ3v) is 7.79. The van der Waals surface area contributed by atoms with E-state index in [2.05, 4.69) is 14.8 Å². The molecule has 1 atom stereocenters. The molecule has 0 aromatic heterocycles. The predicted molar refractivity (Wildman–Crippen MR) is 134 cm³/mol. The molecule has 2 aromatic rings. The summed E-state index contributed by atoms with van der Waals surface area (Å²) in [6, 6.07) is 8.88. The second-order valence-corrected chi connectivity index (χ2v) is 10.8. The molecule has 7 nitrogen and oxygen atoms in total. The van der Waals surface area contributed by atoms with Gasteiger partial charge in [0.25, 0.3) is 15.9 Å². The van der Waals surface area contributed by atoms with Crippen LogP contribution in [0.5, 0.6) is 0 Å². The SMILES string of the molecule is CC(NC(=O)c1ccc(Cl)cc1NS(=O)(=O)C1=CC=CN2SNC=C12)c1ccc(Cl)cc1Cl. The summed E-state index contributed by atoms with van der Waals surface area (Å²) in [5, 5.41) is 3.99. The largest absolute Gasteiger partial charge is 0.345 e. The van der Waals surface area contributed by atoms with E-state index in [-0.39, 0.29) is 21.2 Å². The maximum Gasteiger partial charge on any atom is 0.264 e. The van der Waals surface area contributed by atoms with E-state index < -0.39 is 22.0 Å². The van der Waals surface area contributed by atoms with Crippen LogP contribution in [0.15, 0.2) is 71.6 Å². The number of sulfonamides is 1. The van der Waals surface area contributed by atoms with E-state index in [0.717, 1.165) is 0 Å². The molecular weight excluding hydrogens is 527 g/mol. The van der Waals surface area contributed by atoms with Gasteiger partial charge in [-0.1, -0.05) is 40.9 Å². The highest BCUT2D eigenvalue weighted by atomic mass is 35.5. The zero-order valence-corrected chi connectivity index (χ0v) is 20.9. The van der Waals surface area contributed by atoms with Gasteiger partial charge in [0.2, 0.25) is 0 Å². The van der Waals surface area contributed by atoms with Crippen LogP contribution in [0, 0.1) is 0 Å². The highest BCUT2D eigenvalue weighted by Gasteiger charge is 2.30. The van der Waals surface area contributed by atoms with Crippen LogP contribution in [0.2, 0.25) is 15.1 Å². The maximum absolute atomic E-state index is 13.2. The lowest BCUT2D eigenvalue weighted by Crippen LogP contribution is -2.28. The summed E-state index contributed by atoms with van der Waals surface area (Å²) in [6.07, 6.45) is 6.42. The number of hydrogen-bond donors (Lipinski definition) is 3. The number of allylic oxidation sites excluding steroid dienone is 2. The van der Waals surface area contributed by atoms with Crippen LogP contribution in [0.4, 0.5) is 5.69 Å². The minimum Gasteiger partial charge on any atom is -0.345 e. The van der Waals surface area contributed by atoms with E-state index in [0.29, 0.717) is 21.3 Å².